The molecule has 2 aromatic heterocycles. The SMILES string of the molecule is CCCc1nc2ccc(N3CCN(c4ccccn4)CC3)cc2c(=O)n1Cc1ccc(-c2ccccc2S(=O)(=O)NC(=O)C2CC2)cc1. The van der Waals surface area contributed by atoms with Crippen molar-refractivity contribution < 1.29 is 13.2 Å². The normalized spacial score (nSPS) is 15.1. The van der Waals surface area contributed by atoms with Crippen LogP contribution >= 0.6 is 0 Å². The molecule has 246 valence electrons. The van der Waals surface area contributed by atoms with Gasteiger partial charge in [0.1, 0.15) is 11.6 Å². The Morgan fingerprint density at radius 2 is 1.62 bits per heavy atom. The average molecular weight is 663 g/mol. The van der Waals surface area contributed by atoms with Crippen LogP contribution in [0.5, 0.6) is 0 Å². The van der Waals surface area contributed by atoms with Gasteiger partial charge in [0.25, 0.3) is 15.6 Å². The molecule has 0 atom stereocenters. The Hall–Kier alpha value is -5.03. The molecule has 1 saturated heterocycles. The molecular weight excluding hydrogens is 625 g/mol. The van der Waals surface area contributed by atoms with Gasteiger partial charge in [0.05, 0.1) is 22.3 Å². The van der Waals surface area contributed by atoms with Crippen molar-refractivity contribution >= 4 is 38.3 Å². The Kier molecular flexibility index (Phi) is 8.70. The van der Waals surface area contributed by atoms with Crippen molar-refractivity contribution in [3.05, 3.63) is 113 Å². The Morgan fingerprint density at radius 3 is 2.33 bits per heavy atom. The van der Waals surface area contributed by atoms with Gasteiger partial charge in [0.2, 0.25) is 5.91 Å². The standard InChI is InChI=1S/C37H38N6O4S/c1-2-7-35-39-32-18-17-29(41-20-22-42(23-21-41)34-10-5-6-19-38-34)24-31(32)37(45)43(35)25-26-11-13-27(14-12-26)30-8-3-4-9-33(30)48(46,47)40-36(44)28-15-16-28/h3-6,8-14,17-19,24,28H,2,7,15-16,20-23,25H2,1H3,(H,40,44). The number of rotatable bonds is 10. The molecule has 1 aliphatic carbocycles. The summed E-state index contributed by atoms with van der Waals surface area (Å²) in [6.45, 7) is 5.73. The number of benzene rings is 3. The number of nitrogens with zero attached hydrogens (tertiary/aromatic N) is 5. The number of carbonyl (C=O) groups is 1. The molecular formula is C37H38N6O4S. The monoisotopic (exact) mass is 662 g/mol. The molecule has 48 heavy (non-hydrogen) atoms. The molecule has 5 aromatic rings. The number of aromatic nitrogens is 3. The van der Waals surface area contributed by atoms with Crippen LogP contribution in [-0.2, 0) is 27.8 Å². The summed E-state index contributed by atoms with van der Waals surface area (Å²) >= 11 is 0. The van der Waals surface area contributed by atoms with E-state index in [0.29, 0.717) is 47.8 Å². The van der Waals surface area contributed by atoms with Crippen LogP contribution in [0.15, 0.2) is 101 Å². The van der Waals surface area contributed by atoms with Gasteiger partial charge in [-0.05, 0) is 66.8 Å². The lowest BCUT2D eigenvalue weighted by Crippen LogP contribution is -2.46. The molecule has 10 nitrogen and oxygen atoms in total. The number of hydrogen-bond acceptors (Lipinski definition) is 8. The van der Waals surface area contributed by atoms with E-state index in [1.165, 1.54) is 6.07 Å². The van der Waals surface area contributed by atoms with Gasteiger partial charge in [-0.15, -0.1) is 0 Å². The second-order valence-corrected chi connectivity index (χ2v) is 14.1. The fourth-order valence-corrected chi connectivity index (χ4v) is 7.57. The number of carbonyl (C=O) groups excluding carboxylic acids is 1. The van der Waals surface area contributed by atoms with Crippen LogP contribution in [0.25, 0.3) is 22.0 Å². The van der Waals surface area contributed by atoms with E-state index in [0.717, 1.165) is 55.5 Å². The predicted octanol–water partition coefficient (Wildman–Crippen LogP) is 5.00. The second-order valence-electron chi connectivity index (χ2n) is 12.5. The summed E-state index contributed by atoms with van der Waals surface area (Å²) in [6.07, 6.45) is 4.75. The molecule has 0 unspecified atom stereocenters. The smallest absolute Gasteiger partial charge is 0.264 e. The van der Waals surface area contributed by atoms with Crippen LogP contribution in [0, 0.1) is 5.92 Å². The number of amides is 1. The van der Waals surface area contributed by atoms with Crippen molar-refractivity contribution in [2.45, 2.75) is 44.0 Å². The minimum Gasteiger partial charge on any atom is -0.368 e. The molecule has 0 spiro atoms. The van der Waals surface area contributed by atoms with Crippen molar-refractivity contribution in [3.63, 3.8) is 0 Å². The molecule has 2 fully saturated rings. The van der Waals surface area contributed by atoms with Gasteiger partial charge in [0.15, 0.2) is 0 Å². The number of piperazine rings is 1. The molecule has 11 heteroatoms. The van der Waals surface area contributed by atoms with E-state index >= 15 is 0 Å². The van der Waals surface area contributed by atoms with Gasteiger partial charge in [-0.2, -0.15) is 0 Å². The topological polar surface area (TPSA) is 118 Å². The van der Waals surface area contributed by atoms with E-state index in [2.05, 4.69) is 32.5 Å². The van der Waals surface area contributed by atoms with Crippen molar-refractivity contribution in [2.24, 2.45) is 5.92 Å². The largest absolute Gasteiger partial charge is 0.368 e. The van der Waals surface area contributed by atoms with Crippen molar-refractivity contribution in [3.8, 4) is 11.1 Å². The highest BCUT2D eigenvalue weighted by Crippen LogP contribution is 2.31. The summed E-state index contributed by atoms with van der Waals surface area (Å²) in [7, 11) is -4.03. The van der Waals surface area contributed by atoms with Crippen molar-refractivity contribution in [1.82, 2.24) is 19.3 Å². The molecule has 1 N–H and O–H groups in total. The molecule has 0 bridgehead atoms. The highest BCUT2D eigenvalue weighted by atomic mass is 32.2. The Bertz CT molecular complexity index is 2120. The zero-order chi connectivity index (χ0) is 33.3. The molecule has 3 aromatic carbocycles. The first-order valence-electron chi connectivity index (χ1n) is 16.5. The van der Waals surface area contributed by atoms with E-state index in [1.54, 1.807) is 22.8 Å². The minimum atomic E-state index is -4.03. The van der Waals surface area contributed by atoms with Crippen LogP contribution in [0.1, 0.15) is 37.6 Å². The third-order valence-electron chi connectivity index (χ3n) is 9.07. The summed E-state index contributed by atoms with van der Waals surface area (Å²) in [5.41, 5.74) is 3.71. The summed E-state index contributed by atoms with van der Waals surface area (Å²) in [6, 6.07) is 26.1. The highest BCUT2D eigenvalue weighted by Gasteiger charge is 2.33. The first kappa shape index (κ1) is 31.6. The Balaban J connectivity index is 1.14. The van der Waals surface area contributed by atoms with Gasteiger partial charge < -0.3 is 9.80 Å². The van der Waals surface area contributed by atoms with Gasteiger partial charge >= 0.3 is 0 Å². The average Bonchev–Trinajstić information content (AvgIpc) is 3.97. The number of pyridine rings is 1. The first-order valence-corrected chi connectivity index (χ1v) is 18.0. The Labute approximate surface area is 280 Å². The maximum atomic E-state index is 14.1. The van der Waals surface area contributed by atoms with E-state index in [-0.39, 0.29) is 16.4 Å². The molecule has 0 radical (unpaired) electrons. The van der Waals surface area contributed by atoms with Gasteiger partial charge in [0, 0.05) is 56.0 Å². The Morgan fingerprint density at radius 1 is 0.896 bits per heavy atom. The van der Waals surface area contributed by atoms with Crippen LogP contribution in [0.3, 0.4) is 0 Å². The second kappa shape index (κ2) is 13.2. The maximum absolute atomic E-state index is 14.1. The van der Waals surface area contributed by atoms with Crippen LogP contribution in [-0.4, -0.2) is 55.0 Å². The highest BCUT2D eigenvalue weighted by molar-refractivity contribution is 7.90. The molecule has 1 amide bonds. The number of hydrogen-bond donors (Lipinski definition) is 1. The fraction of sp³-hybridized carbons (Fsp3) is 0.297. The van der Waals surface area contributed by atoms with E-state index in [4.69, 9.17) is 4.98 Å². The summed E-state index contributed by atoms with van der Waals surface area (Å²) in [4.78, 5) is 40.4. The maximum Gasteiger partial charge on any atom is 0.264 e. The van der Waals surface area contributed by atoms with Crippen LogP contribution < -0.4 is 20.1 Å². The van der Waals surface area contributed by atoms with Crippen LogP contribution in [0.2, 0.25) is 0 Å². The summed E-state index contributed by atoms with van der Waals surface area (Å²) in [5.74, 6) is 1.04. The lowest BCUT2D eigenvalue weighted by molar-refractivity contribution is -0.120. The van der Waals surface area contributed by atoms with Gasteiger partial charge in [-0.25, -0.2) is 23.1 Å². The van der Waals surface area contributed by atoms with Crippen molar-refractivity contribution in [1.29, 1.82) is 0 Å². The van der Waals surface area contributed by atoms with Crippen molar-refractivity contribution in [2.75, 3.05) is 36.0 Å². The van der Waals surface area contributed by atoms with E-state index < -0.39 is 15.9 Å². The molecule has 1 aliphatic heterocycles. The number of anilines is 2. The number of nitrogens with one attached hydrogen (secondary N) is 1. The molecule has 1 saturated carbocycles. The van der Waals surface area contributed by atoms with Gasteiger partial charge in [-0.1, -0.05) is 55.5 Å². The molecule has 3 heterocycles. The van der Waals surface area contributed by atoms with Gasteiger partial charge in [-0.3, -0.25) is 14.2 Å². The molecule has 7 rings (SSSR count). The van der Waals surface area contributed by atoms with Crippen LogP contribution in [0.4, 0.5) is 11.5 Å². The number of sulfonamides is 1. The molecule has 2 aliphatic rings. The van der Waals surface area contributed by atoms with E-state index in [9.17, 15) is 18.0 Å². The fourth-order valence-electron chi connectivity index (χ4n) is 6.29. The third-order valence-corrected chi connectivity index (χ3v) is 10.5. The number of aryl methyl sites for hydroxylation is 1. The number of fused-ring (bicyclic) bond motifs is 1. The zero-order valence-corrected chi connectivity index (χ0v) is 27.7. The van der Waals surface area contributed by atoms with E-state index in [1.807, 2.05) is 60.8 Å². The zero-order valence-electron chi connectivity index (χ0n) is 26.9. The lowest BCUT2D eigenvalue weighted by atomic mass is 10.0. The first-order chi connectivity index (χ1) is 23.3. The summed E-state index contributed by atoms with van der Waals surface area (Å²) < 4.78 is 30.3. The minimum absolute atomic E-state index is 0.0564. The third kappa shape index (κ3) is 6.55. The lowest BCUT2D eigenvalue weighted by Gasteiger charge is -2.36. The predicted molar refractivity (Wildman–Crippen MR) is 188 cm³/mol. The summed E-state index contributed by atoms with van der Waals surface area (Å²) in [5, 5.41) is 0.587. The quantitative estimate of drug-likeness (QED) is 0.222.